The lowest BCUT2D eigenvalue weighted by Gasteiger charge is -2.37. The van der Waals surface area contributed by atoms with E-state index in [1.54, 1.807) is 11.6 Å². The lowest BCUT2D eigenvalue weighted by molar-refractivity contribution is -0.137. The molecule has 1 fully saturated rings. The summed E-state index contributed by atoms with van der Waals surface area (Å²) < 4.78 is 44.7. The molecule has 16 heteroatoms. The number of carbonyl (C=O) groups excluding carboxylic acids is 2. The lowest BCUT2D eigenvalue weighted by Crippen LogP contribution is -2.52. The van der Waals surface area contributed by atoms with Gasteiger partial charge in [0.1, 0.15) is 12.0 Å². The lowest BCUT2D eigenvalue weighted by atomic mass is 9.98. The molecule has 0 unspecified atom stereocenters. The third kappa shape index (κ3) is 9.02. The normalized spacial score (nSPS) is 16.1. The van der Waals surface area contributed by atoms with Crippen LogP contribution >= 0.6 is 11.6 Å². The van der Waals surface area contributed by atoms with Gasteiger partial charge in [0.2, 0.25) is 5.62 Å². The highest BCUT2D eigenvalue weighted by atomic mass is 35.5. The smallest absolute Gasteiger partial charge is 0.387 e. The predicted octanol–water partition coefficient (Wildman–Crippen LogP) is 4.84. The molecule has 0 saturated carbocycles. The Bertz CT molecular complexity index is 1980. The van der Waals surface area contributed by atoms with Gasteiger partial charge in [-0.2, -0.15) is 22.9 Å². The van der Waals surface area contributed by atoms with Crippen LogP contribution in [0.2, 0.25) is 5.02 Å². The third-order valence-electron chi connectivity index (χ3n) is 9.39. The van der Waals surface area contributed by atoms with E-state index in [0.717, 1.165) is 61.2 Å². The molecule has 0 atom stereocenters. The molecule has 4 heterocycles. The fourth-order valence-corrected chi connectivity index (χ4v) is 6.94. The van der Waals surface area contributed by atoms with Crippen molar-refractivity contribution in [1.29, 1.82) is 0 Å². The van der Waals surface area contributed by atoms with E-state index in [0.29, 0.717) is 74.9 Å². The molecule has 3 aromatic rings. The van der Waals surface area contributed by atoms with E-state index in [-0.39, 0.29) is 23.0 Å². The SMILES string of the molecule is C=Nn1c(=O)c(N2CCN(C(=O)c3cccc4c3NCCC4)CC2)c(CC)n(CC=O)c1=NCC1=CCOCC1.CNc1ccc(C(F)(F)F)cc1Cl. The van der Waals surface area contributed by atoms with Crippen molar-refractivity contribution in [3.63, 3.8) is 0 Å². The molecular formula is C37H44ClF3N8O4. The zero-order valence-electron chi connectivity index (χ0n) is 29.8. The number of hydrogen-bond donors (Lipinski definition) is 2. The first-order chi connectivity index (χ1) is 25.5. The molecule has 6 rings (SSSR count). The summed E-state index contributed by atoms with van der Waals surface area (Å²) in [5, 5.41) is 10.2. The van der Waals surface area contributed by atoms with Crippen LogP contribution in [0.15, 0.2) is 62.9 Å². The van der Waals surface area contributed by atoms with E-state index in [1.165, 1.54) is 16.3 Å². The molecule has 0 bridgehead atoms. The number of para-hydroxylation sites is 1. The second kappa shape index (κ2) is 17.8. The number of aldehydes is 1. The predicted molar refractivity (Wildman–Crippen MR) is 200 cm³/mol. The Morgan fingerprint density at radius 2 is 1.92 bits per heavy atom. The van der Waals surface area contributed by atoms with Crippen LogP contribution < -0.4 is 26.7 Å². The number of halogens is 4. The van der Waals surface area contributed by atoms with Crippen molar-refractivity contribution in [2.24, 2.45) is 10.1 Å². The number of amides is 1. The van der Waals surface area contributed by atoms with E-state index in [2.05, 4.69) is 28.5 Å². The number of aryl methyl sites for hydroxylation is 1. The topological polar surface area (TPSA) is 126 Å². The van der Waals surface area contributed by atoms with E-state index in [4.69, 9.17) is 21.3 Å². The van der Waals surface area contributed by atoms with Crippen LogP contribution in [0.25, 0.3) is 0 Å². The number of fused-ring (bicyclic) bond motifs is 1. The molecule has 1 amide bonds. The van der Waals surface area contributed by atoms with Gasteiger partial charge in [0, 0.05) is 46.5 Å². The first kappa shape index (κ1) is 39.3. The minimum Gasteiger partial charge on any atom is -0.387 e. The Morgan fingerprint density at radius 3 is 2.55 bits per heavy atom. The monoisotopic (exact) mass is 756 g/mol. The van der Waals surface area contributed by atoms with Crippen molar-refractivity contribution >= 4 is 47.6 Å². The second-order valence-electron chi connectivity index (χ2n) is 12.6. The highest BCUT2D eigenvalue weighted by Gasteiger charge is 2.31. The van der Waals surface area contributed by atoms with Crippen molar-refractivity contribution in [3.05, 3.63) is 91.4 Å². The fourth-order valence-electron chi connectivity index (χ4n) is 6.67. The molecule has 0 radical (unpaired) electrons. The summed E-state index contributed by atoms with van der Waals surface area (Å²) >= 11 is 5.57. The molecule has 0 spiro atoms. The Morgan fingerprint density at radius 1 is 1.15 bits per heavy atom. The maximum Gasteiger partial charge on any atom is 0.416 e. The van der Waals surface area contributed by atoms with Crippen molar-refractivity contribution in [1.82, 2.24) is 14.1 Å². The van der Waals surface area contributed by atoms with Gasteiger partial charge in [-0.15, -0.1) is 0 Å². The maximum atomic E-state index is 13.8. The molecule has 1 aromatic heterocycles. The summed E-state index contributed by atoms with van der Waals surface area (Å²) in [7, 11) is 1.59. The van der Waals surface area contributed by atoms with Gasteiger partial charge in [0.25, 0.3) is 11.5 Å². The summed E-state index contributed by atoms with van der Waals surface area (Å²) in [6.07, 6.45) is 1.79. The first-order valence-electron chi connectivity index (χ1n) is 17.5. The van der Waals surface area contributed by atoms with E-state index in [9.17, 15) is 27.6 Å². The molecule has 12 nitrogen and oxygen atoms in total. The molecular weight excluding hydrogens is 713 g/mol. The number of anilines is 3. The standard InChI is InChI=1S/C29H37N7O4.C8H7ClF3N/c1-3-24-26(28(39)36(30-2)29(35(24)16-17-37)32-20-21-9-18-40-19-10-21)33-12-14-34(15-13-33)27(38)23-8-4-6-22-7-5-11-31-25(22)23;1-13-7-3-2-5(4-6(7)9)8(10,11)12/h4,6,8-9,17,31H,2-3,5,7,10-16,18-20H2,1H3;2-4,13H,1H3. The molecule has 1 saturated heterocycles. The molecule has 0 aliphatic carbocycles. The second-order valence-corrected chi connectivity index (χ2v) is 13.0. The molecule has 53 heavy (non-hydrogen) atoms. The average Bonchev–Trinajstić information content (AvgIpc) is 3.17. The third-order valence-corrected chi connectivity index (χ3v) is 9.71. The number of rotatable bonds is 9. The molecule has 2 N–H and O–H groups in total. The van der Waals surface area contributed by atoms with Crippen LogP contribution in [0.5, 0.6) is 0 Å². The number of benzene rings is 2. The van der Waals surface area contributed by atoms with E-state index < -0.39 is 11.7 Å². The summed E-state index contributed by atoms with van der Waals surface area (Å²) in [6.45, 7) is 9.98. The van der Waals surface area contributed by atoms with E-state index >= 15 is 0 Å². The molecule has 3 aliphatic heterocycles. The number of ether oxygens (including phenoxy) is 1. The Balaban J connectivity index is 0.000000352. The number of carbonyl (C=O) groups is 2. The van der Waals surface area contributed by atoms with Crippen LogP contribution in [0.3, 0.4) is 0 Å². The van der Waals surface area contributed by atoms with Gasteiger partial charge in [-0.1, -0.05) is 36.7 Å². The van der Waals surface area contributed by atoms with Gasteiger partial charge < -0.3 is 34.5 Å². The highest BCUT2D eigenvalue weighted by molar-refractivity contribution is 6.33. The number of nitrogens with one attached hydrogen (secondary N) is 2. The minimum atomic E-state index is -4.34. The Labute approximate surface area is 310 Å². The Kier molecular flexibility index (Phi) is 13.2. The summed E-state index contributed by atoms with van der Waals surface area (Å²) in [6, 6.07) is 9.09. The van der Waals surface area contributed by atoms with Crippen molar-refractivity contribution in [3.8, 4) is 0 Å². The molecule has 284 valence electrons. The fraction of sp³-hybridized carbons (Fsp3) is 0.432. The van der Waals surface area contributed by atoms with Crippen LogP contribution in [-0.4, -0.2) is 92.6 Å². The van der Waals surface area contributed by atoms with Crippen molar-refractivity contribution in [2.45, 2.75) is 45.3 Å². The minimum absolute atomic E-state index is 0.000585. The van der Waals surface area contributed by atoms with Crippen LogP contribution in [-0.2, 0) is 35.1 Å². The summed E-state index contributed by atoms with van der Waals surface area (Å²) in [4.78, 5) is 47.6. The van der Waals surface area contributed by atoms with Gasteiger partial charge >= 0.3 is 6.18 Å². The summed E-state index contributed by atoms with van der Waals surface area (Å²) in [5.41, 5.74) is 4.86. The number of aromatic nitrogens is 2. The molecule has 3 aliphatic rings. The zero-order valence-corrected chi connectivity index (χ0v) is 30.6. The largest absolute Gasteiger partial charge is 0.416 e. The van der Waals surface area contributed by atoms with Crippen LogP contribution in [0, 0.1) is 0 Å². The zero-order chi connectivity index (χ0) is 38.1. The van der Waals surface area contributed by atoms with Crippen LogP contribution in [0.4, 0.5) is 30.2 Å². The number of hydrogen-bond acceptors (Lipinski definition) is 9. The van der Waals surface area contributed by atoms with Gasteiger partial charge in [-0.25, -0.2) is 4.99 Å². The number of piperazine rings is 1. The maximum absolute atomic E-state index is 13.8. The number of alkyl halides is 3. The number of nitrogens with zero attached hydrogens (tertiary/aromatic N) is 6. The quantitative estimate of drug-likeness (QED) is 0.182. The van der Waals surface area contributed by atoms with Gasteiger partial charge in [0.15, 0.2) is 0 Å². The highest BCUT2D eigenvalue weighted by Crippen LogP contribution is 2.33. The average molecular weight is 757 g/mol. The van der Waals surface area contributed by atoms with E-state index in [1.807, 2.05) is 34.9 Å². The van der Waals surface area contributed by atoms with Crippen molar-refractivity contribution < 1.29 is 27.5 Å². The van der Waals surface area contributed by atoms with Crippen LogP contribution in [0.1, 0.15) is 46.9 Å². The molecule has 2 aromatic carbocycles. The summed E-state index contributed by atoms with van der Waals surface area (Å²) in [5.74, 6) is -0.000585. The Hall–Kier alpha value is -4.89. The van der Waals surface area contributed by atoms with Gasteiger partial charge in [-0.05, 0) is 61.1 Å². The van der Waals surface area contributed by atoms with Gasteiger partial charge in [0.05, 0.1) is 59.5 Å². The van der Waals surface area contributed by atoms with Crippen molar-refractivity contribution in [2.75, 3.05) is 75.1 Å². The first-order valence-corrected chi connectivity index (χ1v) is 17.9. The van der Waals surface area contributed by atoms with Gasteiger partial charge in [-0.3, -0.25) is 9.59 Å².